The maximum Gasteiger partial charge on any atom is 0.220 e. The van der Waals surface area contributed by atoms with Crippen LogP contribution in [0, 0.1) is 9.49 Å². The first-order chi connectivity index (χ1) is 9.13. The van der Waals surface area contributed by atoms with E-state index >= 15 is 0 Å². The molecule has 0 saturated carbocycles. The standard InChI is InChI=1S/C14H18IN3O/c15-10-2-3-13(11(16)7-10)18-6-5-12-9(8-18)1-4-14(19)17-12/h2-3,7,9,12H,1,4-6,8,16H2,(H,17,19). The van der Waals surface area contributed by atoms with Gasteiger partial charge in [0.2, 0.25) is 5.91 Å². The third-order valence-corrected chi connectivity index (χ3v) is 4.82. The number of hydrogen-bond acceptors (Lipinski definition) is 3. The maximum absolute atomic E-state index is 11.4. The topological polar surface area (TPSA) is 58.4 Å². The third-order valence-electron chi connectivity index (χ3n) is 4.15. The van der Waals surface area contributed by atoms with Crippen molar-refractivity contribution in [2.75, 3.05) is 23.7 Å². The SMILES string of the molecule is Nc1cc(I)ccc1N1CCC2NC(=O)CCC2C1. The summed E-state index contributed by atoms with van der Waals surface area (Å²) in [7, 11) is 0. The van der Waals surface area contributed by atoms with Crippen molar-refractivity contribution < 1.29 is 4.79 Å². The first-order valence-corrected chi connectivity index (χ1v) is 7.80. The Balaban J connectivity index is 1.76. The van der Waals surface area contributed by atoms with Gasteiger partial charge < -0.3 is 16.0 Å². The Morgan fingerprint density at radius 2 is 2.21 bits per heavy atom. The normalized spacial score (nSPS) is 26.8. The molecule has 1 aromatic rings. The zero-order chi connectivity index (χ0) is 13.4. The number of rotatable bonds is 1. The summed E-state index contributed by atoms with van der Waals surface area (Å²) in [5.74, 6) is 0.772. The Kier molecular flexibility index (Phi) is 3.56. The highest BCUT2D eigenvalue weighted by Gasteiger charge is 2.34. The minimum absolute atomic E-state index is 0.212. The van der Waals surface area contributed by atoms with Gasteiger partial charge in [0.25, 0.3) is 0 Å². The molecule has 5 heteroatoms. The van der Waals surface area contributed by atoms with Gasteiger partial charge in [0.05, 0.1) is 11.4 Å². The molecule has 4 nitrogen and oxygen atoms in total. The molecule has 1 amide bonds. The highest BCUT2D eigenvalue weighted by Crippen LogP contribution is 2.32. The molecule has 0 aromatic heterocycles. The van der Waals surface area contributed by atoms with Crippen LogP contribution in [0.25, 0.3) is 0 Å². The van der Waals surface area contributed by atoms with Gasteiger partial charge in [-0.2, -0.15) is 0 Å². The maximum atomic E-state index is 11.4. The van der Waals surface area contributed by atoms with Crippen LogP contribution in [0.2, 0.25) is 0 Å². The van der Waals surface area contributed by atoms with Crippen molar-refractivity contribution in [2.24, 2.45) is 5.92 Å². The number of piperidine rings is 2. The number of carbonyl (C=O) groups is 1. The lowest BCUT2D eigenvalue weighted by Gasteiger charge is -2.42. The molecule has 2 heterocycles. The molecule has 2 aliphatic heterocycles. The fraction of sp³-hybridized carbons (Fsp3) is 0.500. The number of nitrogens with one attached hydrogen (secondary N) is 1. The van der Waals surface area contributed by atoms with Gasteiger partial charge >= 0.3 is 0 Å². The summed E-state index contributed by atoms with van der Waals surface area (Å²) in [4.78, 5) is 13.8. The second-order valence-electron chi connectivity index (χ2n) is 5.41. The van der Waals surface area contributed by atoms with Gasteiger partial charge in [-0.1, -0.05) is 0 Å². The average Bonchev–Trinajstić information content (AvgIpc) is 2.38. The summed E-state index contributed by atoms with van der Waals surface area (Å²) >= 11 is 2.28. The smallest absolute Gasteiger partial charge is 0.220 e. The molecule has 3 rings (SSSR count). The highest BCUT2D eigenvalue weighted by molar-refractivity contribution is 14.1. The first kappa shape index (κ1) is 13.0. The molecule has 19 heavy (non-hydrogen) atoms. The van der Waals surface area contributed by atoms with Gasteiger partial charge in [-0.3, -0.25) is 4.79 Å². The molecule has 2 fully saturated rings. The molecule has 0 bridgehead atoms. The molecule has 2 aliphatic rings. The number of carbonyl (C=O) groups excluding carboxylic acids is 1. The number of anilines is 2. The van der Waals surface area contributed by atoms with Crippen molar-refractivity contribution in [3.05, 3.63) is 21.8 Å². The second-order valence-corrected chi connectivity index (χ2v) is 6.66. The lowest BCUT2D eigenvalue weighted by atomic mass is 9.85. The second kappa shape index (κ2) is 5.19. The fourth-order valence-electron chi connectivity index (χ4n) is 3.14. The number of hydrogen-bond donors (Lipinski definition) is 2. The lowest BCUT2D eigenvalue weighted by molar-refractivity contribution is -0.124. The summed E-state index contributed by atoms with van der Waals surface area (Å²) in [5.41, 5.74) is 8.11. The summed E-state index contributed by atoms with van der Waals surface area (Å²) < 4.78 is 1.17. The molecule has 1 aromatic carbocycles. The van der Waals surface area contributed by atoms with Crippen molar-refractivity contribution in [3.8, 4) is 0 Å². The van der Waals surface area contributed by atoms with Crippen LogP contribution in [0.15, 0.2) is 18.2 Å². The highest BCUT2D eigenvalue weighted by atomic mass is 127. The van der Waals surface area contributed by atoms with Gasteiger partial charge in [-0.25, -0.2) is 0 Å². The number of fused-ring (bicyclic) bond motifs is 1. The van der Waals surface area contributed by atoms with Crippen molar-refractivity contribution >= 4 is 39.9 Å². The molecule has 3 N–H and O–H groups in total. The van der Waals surface area contributed by atoms with Crippen LogP contribution < -0.4 is 16.0 Å². The quantitative estimate of drug-likeness (QED) is 0.586. The monoisotopic (exact) mass is 371 g/mol. The third kappa shape index (κ3) is 2.66. The van der Waals surface area contributed by atoms with Crippen LogP contribution in [-0.2, 0) is 4.79 Å². The Bertz CT molecular complexity index is 505. The van der Waals surface area contributed by atoms with Gasteiger partial charge in [-0.15, -0.1) is 0 Å². The van der Waals surface area contributed by atoms with Crippen LogP contribution in [0.4, 0.5) is 11.4 Å². The van der Waals surface area contributed by atoms with Crippen molar-refractivity contribution in [3.63, 3.8) is 0 Å². The fourth-order valence-corrected chi connectivity index (χ4v) is 3.66. The van der Waals surface area contributed by atoms with E-state index in [4.69, 9.17) is 5.73 Å². The molecule has 0 radical (unpaired) electrons. The van der Waals surface area contributed by atoms with E-state index < -0.39 is 0 Å². The number of amides is 1. The van der Waals surface area contributed by atoms with E-state index in [2.05, 4.69) is 44.9 Å². The molecule has 0 aliphatic carbocycles. The van der Waals surface area contributed by atoms with Crippen LogP contribution >= 0.6 is 22.6 Å². The Labute approximate surface area is 126 Å². The predicted molar refractivity (Wildman–Crippen MR) is 85.1 cm³/mol. The minimum Gasteiger partial charge on any atom is -0.397 e. The predicted octanol–water partition coefficient (Wildman–Crippen LogP) is 1.98. The van der Waals surface area contributed by atoms with Crippen LogP contribution in [-0.4, -0.2) is 25.0 Å². The Hall–Kier alpha value is -0.980. The number of benzene rings is 1. The average molecular weight is 371 g/mol. The molecule has 2 unspecified atom stereocenters. The Morgan fingerprint density at radius 3 is 3.00 bits per heavy atom. The number of nitrogens with zero attached hydrogens (tertiary/aromatic N) is 1. The van der Waals surface area contributed by atoms with Gasteiger partial charge in [-0.05, 0) is 59.5 Å². The molecule has 0 spiro atoms. The van der Waals surface area contributed by atoms with E-state index in [-0.39, 0.29) is 5.91 Å². The minimum atomic E-state index is 0.212. The van der Waals surface area contributed by atoms with Crippen molar-refractivity contribution in [1.82, 2.24) is 5.32 Å². The molecule has 2 saturated heterocycles. The van der Waals surface area contributed by atoms with E-state index in [1.807, 2.05) is 6.07 Å². The van der Waals surface area contributed by atoms with Gasteiger partial charge in [0.15, 0.2) is 0 Å². The van der Waals surface area contributed by atoms with Crippen molar-refractivity contribution in [2.45, 2.75) is 25.3 Å². The van der Waals surface area contributed by atoms with E-state index in [1.54, 1.807) is 0 Å². The van der Waals surface area contributed by atoms with E-state index in [0.29, 0.717) is 18.4 Å². The van der Waals surface area contributed by atoms with Gasteiger partial charge in [0.1, 0.15) is 0 Å². The van der Waals surface area contributed by atoms with E-state index in [0.717, 1.165) is 37.3 Å². The molecule has 102 valence electrons. The number of nitrogens with two attached hydrogens (primary N) is 1. The summed E-state index contributed by atoms with van der Waals surface area (Å²) in [5, 5.41) is 3.12. The lowest BCUT2D eigenvalue weighted by Crippen LogP contribution is -2.54. The van der Waals surface area contributed by atoms with E-state index in [9.17, 15) is 4.79 Å². The van der Waals surface area contributed by atoms with Crippen LogP contribution in [0.3, 0.4) is 0 Å². The zero-order valence-corrected chi connectivity index (χ0v) is 12.9. The number of nitrogen functional groups attached to an aromatic ring is 1. The molecule has 2 atom stereocenters. The number of halogens is 1. The zero-order valence-electron chi connectivity index (χ0n) is 10.7. The first-order valence-electron chi connectivity index (χ1n) is 6.73. The summed E-state index contributed by atoms with van der Waals surface area (Å²) in [6, 6.07) is 6.59. The van der Waals surface area contributed by atoms with E-state index in [1.165, 1.54) is 3.57 Å². The van der Waals surface area contributed by atoms with Gasteiger partial charge in [0, 0.05) is 29.1 Å². The molecular weight excluding hydrogens is 353 g/mol. The van der Waals surface area contributed by atoms with Crippen LogP contribution in [0.5, 0.6) is 0 Å². The molecular formula is C14H18IN3O. The largest absolute Gasteiger partial charge is 0.397 e. The van der Waals surface area contributed by atoms with Crippen LogP contribution in [0.1, 0.15) is 19.3 Å². The Morgan fingerprint density at radius 1 is 1.37 bits per heavy atom. The van der Waals surface area contributed by atoms with Crippen molar-refractivity contribution in [1.29, 1.82) is 0 Å². The summed E-state index contributed by atoms with van der Waals surface area (Å²) in [6.07, 6.45) is 2.68. The summed E-state index contributed by atoms with van der Waals surface area (Å²) in [6.45, 7) is 1.96.